The van der Waals surface area contributed by atoms with Gasteiger partial charge in [-0.2, -0.15) is 0 Å². The summed E-state index contributed by atoms with van der Waals surface area (Å²) >= 11 is 0. The van der Waals surface area contributed by atoms with Gasteiger partial charge in [-0.3, -0.25) is 4.79 Å². The summed E-state index contributed by atoms with van der Waals surface area (Å²) in [4.78, 5) is 20.9. The van der Waals surface area contributed by atoms with Crippen LogP contribution in [0.2, 0.25) is 0 Å². The van der Waals surface area contributed by atoms with E-state index in [2.05, 4.69) is 5.32 Å². The molecule has 1 rings (SSSR count). The van der Waals surface area contributed by atoms with Gasteiger partial charge in [0.15, 0.2) is 0 Å². The summed E-state index contributed by atoms with van der Waals surface area (Å²) in [5, 5.41) is 11.1. The maximum absolute atomic E-state index is 10.6. The Labute approximate surface area is 105 Å². The van der Waals surface area contributed by atoms with E-state index in [1.807, 2.05) is 0 Å². The van der Waals surface area contributed by atoms with Gasteiger partial charge in [0, 0.05) is 13.0 Å². The fourth-order valence-electron chi connectivity index (χ4n) is 1.24. The third-order valence-corrected chi connectivity index (χ3v) is 2.04. The Bertz CT molecular complexity index is 437. The summed E-state index contributed by atoms with van der Waals surface area (Å²) in [6, 6.07) is 7.00. The van der Waals surface area contributed by atoms with E-state index >= 15 is 0 Å². The molecule has 5 heteroatoms. The Hall–Kier alpha value is -2.30. The first-order valence-electron chi connectivity index (χ1n) is 5.46. The van der Waals surface area contributed by atoms with Crippen molar-refractivity contribution in [3.63, 3.8) is 0 Å². The van der Waals surface area contributed by atoms with Gasteiger partial charge in [0.1, 0.15) is 12.4 Å². The highest BCUT2D eigenvalue weighted by Crippen LogP contribution is 2.12. The number of hydrogen-bond acceptors (Lipinski definition) is 3. The highest BCUT2D eigenvalue weighted by Gasteiger charge is 1.95. The molecule has 0 unspecified atom stereocenters. The van der Waals surface area contributed by atoms with Crippen molar-refractivity contribution in [3.8, 4) is 5.75 Å². The van der Waals surface area contributed by atoms with E-state index in [9.17, 15) is 9.59 Å². The smallest absolute Gasteiger partial charge is 0.328 e. The summed E-state index contributed by atoms with van der Waals surface area (Å²) in [5.74, 6) is -0.397. The van der Waals surface area contributed by atoms with Crippen molar-refractivity contribution in [2.45, 2.75) is 6.92 Å². The second-order valence-electron chi connectivity index (χ2n) is 3.57. The molecule has 0 radical (unpaired) electrons. The normalized spacial score (nSPS) is 10.3. The van der Waals surface area contributed by atoms with Gasteiger partial charge in [-0.15, -0.1) is 0 Å². The van der Waals surface area contributed by atoms with E-state index in [1.165, 1.54) is 13.0 Å². The topological polar surface area (TPSA) is 75.6 Å². The number of carboxylic acid groups (broad SMARTS) is 1. The van der Waals surface area contributed by atoms with E-state index in [0.29, 0.717) is 18.9 Å². The quantitative estimate of drug-likeness (QED) is 0.588. The third-order valence-electron chi connectivity index (χ3n) is 2.04. The average molecular weight is 249 g/mol. The molecular weight excluding hydrogens is 234 g/mol. The largest absolute Gasteiger partial charge is 0.492 e. The predicted molar refractivity (Wildman–Crippen MR) is 67.3 cm³/mol. The van der Waals surface area contributed by atoms with E-state index in [1.54, 1.807) is 24.3 Å². The molecular formula is C13H15NO4. The molecule has 0 aliphatic rings. The SMILES string of the molecule is CC(=O)NCCOc1ccc(C=CC(=O)O)cc1. The van der Waals surface area contributed by atoms with Crippen molar-refractivity contribution < 1.29 is 19.4 Å². The van der Waals surface area contributed by atoms with Gasteiger partial charge >= 0.3 is 5.97 Å². The summed E-state index contributed by atoms with van der Waals surface area (Å²) in [6.45, 7) is 2.30. The molecule has 96 valence electrons. The van der Waals surface area contributed by atoms with Crippen LogP contribution in [0.15, 0.2) is 30.3 Å². The number of nitrogens with one attached hydrogen (secondary N) is 1. The van der Waals surface area contributed by atoms with E-state index in [4.69, 9.17) is 9.84 Å². The molecule has 0 fully saturated rings. The second kappa shape index (κ2) is 7.11. The van der Waals surface area contributed by atoms with Gasteiger partial charge in [-0.1, -0.05) is 12.1 Å². The van der Waals surface area contributed by atoms with Gasteiger partial charge in [-0.25, -0.2) is 4.79 Å². The third kappa shape index (κ3) is 5.69. The molecule has 0 bridgehead atoms. The van der Waals surface area contributed by atoms with Crippen molar-refractivity contribution in [1.82, 2.24) is 5.32 Å². The zero-order valence-electron chi connectivity index (χ0n) is 10.1. The van der Waals surface area contributed by atoms with Gasteiger partial charge in [0.25, 0.3) is 0 Å². The van der Waals surface area contributed by atoms with Gasteiger partial charge < -0.3 is 15.2 Å². The summed E-state index contributed by atoms with van der Waals surface area (Å²) in [5.41, 5.74) is 0.784. The average Bonchev–Trinajstić information content (AvgIpc) is 2.33. The lowest BCUT2D eigenvalue weighted by atomic mass is 10.2. The maximum atomic E-state index is 10.6. The Morgan fingerprint density at radius 2 is 2.00 bits per heavy atom. The van der Waals surface area contributed by atoms with Gasteiger partial charge in [0.05, 0.1) is 6.54 Å². The van der Waals surface area contributed by atoms with Crippen molar-refractivity contribution in [1.29, 1.82) is 0 Å². The minimum atomic E-state index is -0.981. The number of carbonyl (C=O) groups is 2. The highest BCUT2D eigenvalue weighted by atomic mass is 16.5. The molecule has 0 saturated heterocycles. The molecule has 1 aromatic rings. The second-order valence-corrected chi connectivity index (χ2v) is 3.57. The van der Waals surface area contributed by atoms with Crippen molar-refractivity contribution in [2.75, 3.05) is 13.2 Å². The van der Waals surface area contributed by atoms with E-state index < -0.39 is 5.97 Å². The number of rotatable bonds is 6. The number of carboxylic acids is 1. The van der Waals surface area contributed by atoms with Gasteiger partial charge in [0.2, 0.25) is 5.91 Å². The van der Waals surface area contributed by atoms with Crippen LogP contribution in [0.3, 0.4) is 0 Å². The zero-order chi connectivity index (χ0) is 13.4. The molecule has 0 saturated carbocycles. The monoisotopic (exact) mass is 249 g/mol. The van der Waals surface area contributed by atoms with Crippen LogP contribution in [-0.4, -0.2) is 30.1 Å². The molecule has 0 aromatic heterocycles. The fraction of sp³-hybridized carbons (Fsp3) is 0.231. The zero-order valence-corrected chi connectivity index (χ0v) is 10.1. The lowest BCUT2D eigenvalue weighted by Gasteiger charge is -2.06. The van der Waals surface area contributed by atoms with Crippen molar-refractivity contribution in [3.05, 3.63) is 35.9 Å². The van der Waals surface area contributed by atoms with E-state index in [0.717, 1.165) is 11.6 Å². The van der Waals surface area contributed by atoms with Crippen molar-refractivity contribution in [2.24, 2.45) is 0 Å². The lowest BCUT2D eigenvalue weighted by Crippen LogP contribution is -2.25. The minimum absolute atomic E-state index is 0.0900. The molecule has 0 spiro atoms. The first-order chi connectivity index (χ1) is 8.58. The summed E-state index contributed by atoms with van der Waals surface area (Å²) in [6.07, 6.45) is 2.58. The molecule has 2 N–H and O–H groups in total. The molecule has 0 aliphatic heterocycles. The fourth-order valence-corrected chi connectivity index (χ4v) is 1.24. The van der Waals surface area contributed by atoms with Crippen LogP contribution in [0.4, 0.5) is 0 Å². The molecule has 0 heterocycles. The van der Waals surface area contributed by atoms with E-state index in [-0.39, 0.29) is 5.91 Å². The Balaban J connectivity index is 2.40. The number of aliphatic carboxylic acids is 1. The molecule has 1 amide bonds. The Morgan fingerprint density at radius 3 is 2.56 bits per heavy atom. The summed E-state index contributed by atoms with van der Waals surface area (Å²) < 4.78 is 5.38. The number of hydrogen-bond donors (Lipinski definition) is 2. The number of benzene rings is 1. The number of ether oxygens (including phenoxy) is 1. The first kappa shape index (κ1) is 13.8. The molecule has 5 nitrogen and oxygen atoms in total. The predicted octanol–water partition coefficient (Wildman–Crippen LogP) is 1.30. The molecule has 18 heavy (non-hydrogen) atoms. The first-order valence-corrected chi connectivity index (χ1v) is 5.46. The van der Waals surface area contributed by atoms with Crippen LogP contribution >= 0.6 is 0 Å². The van der Waals surface area contributed by atoms with Crippen LogP contribution < -0.4 is 10.1 Å². The maximum Gasteiger partial charge on any atom is 0.328 e. The Kier molecular flexibility index (Phi) is 5.44. The molecule has 1 aromatic carbocycles. The van der Waals surface area contributed by atoms with Crippen LogP contribution in [-0.2, 0) is 9.59 Å². The van der Waals surface area contributed by atoms with Crippen molar-refractivity contribution >= 4 is 18.0 Å². The van der Waals surface area contributed by atoms with Crippen LogP contribution in [0, 0.1) is 0 Å². The molecule has 0 atom stereocenters. The van der Waals surface area contributed by atoms with Gasteiger partial charge in [-0.05, 0) is 23.8 Å². The minimum Gasteiger partial charge on any atom is -0.492 e. The standard InChI is InChI=1S/C13H15NO4/c1-10(15)14-8-9-18-12-5-2-11(3-6-12)4-7-13(16)17/h2-7H,8-9H2,1H3,(H,14,15)(H,16,17). The highest BCUT2D eigenvalue weighted by molar-refractivity contribution is 5.85. The van der Waals surface area contributed by atoms with Crippen LogP contribution in [0.5, 0.6) is 5.75 Å². The van der Waals surface area contributed by atoms with Crippen LogP contribution in [0.1, 0.15) is 12.5 Å². The molecule has 0 aliphatic carbocycles. The number of amides is 1. The number of carbonyl (C=O) groups excluding carboxylic acids is 1. The Morgan fingerprint density at radius 1 is 1.33 bits per heavy atom. The van der Waals surface area contributed by atoms with Crippen LogP contribution in [0.25, 0.3) is 6.08 Å². The summed E-state index contributed by atoms with van der Waals surface area (Å²) in [7, 11) is 0. The lowest BCUT2D eigenvalue weighted by molar-refractivity contribution is -0.131.